The Labute approximate surface area is 219 Å². The van der Waals surface area contributed by atoms with Gasteiger partial charge < -0.3 is 15.2 Å². The number of amides is 3. The zero-order valence-corrected chi connectivity index (χ0v) is 22.2. The first kappa shape index (κ1) is 26.4. The topological polar surface area (TPSA) is 134 Å². The largest absolute Gasteiger partial charge is 0.465 e. The van der Waals surface area contributed by atoms with Crippen LogP contribution in [0.5, 0.6) is 0 Å². The minimum Gasteiger partial charge on any atom is -0.465 e. The molecule has 2 aromatic carbocycles. The lowest BCUT2D eigenvalue weighted by Crippen LogP contribution is -2.23. The highest BCUT2D eigenvalue weighted by molar-refractivity contribution is 7.94. The van der Waals surface area contributed by atoms with Crippen molar-refractivity contribution >= 4 is 50.5 Å². The van der Waals surface area contributed by atoms with E-state index in [1.54, 1.807) is 39.0 Å². The first-order valence-electron chi connectivity index (χ1n) is 11.5. The number of carboxylic acid groups (broad SMARTS) is 1. The zero-order chi connectivity index (χ0) is 26.8. The molecule has 1 heterocycles. The van der Waals surface area contributed by atoms with E-state index in [4.69, 9.17) is 4.74 Å². The Hall–Kier alpha value is -3.70. The van der Waals surface area contributed by atoms with Gasteiger partial charge in [0, 0.05) is 20.6 Å². The lowest BCUT2D eigenvalue weighted by atomic mass is 10.1. The van der Waals surface area contributed by atoms with E-state index in [9.17, 15) is 23.7 Å². The summed E-state index contributed by atoms with van der Waals surface area (Å²) in [5.74, 6) is -0.481. The van der Waals surface area contributed by atoms with Crippen LogP contribution in [0.3, 0.4) is 0 Å². The highest BCUT2D eigenvalue weighted by Crippen LogP contribution is 2.36. The Morgan fingerprint density at radius 2 is 1.73 bits per heavy atom. The van der Waals surface area contributed by atoms with Crippen molar-refractivity contribution in [3.8, 4) is 10.4 Å². The summed E-state index contributed by atoms with van der Waals surface area (Å²) < 4.78 is 22.9. The number of carbonyl (C=O) groups is 3. The van der Waals surface area contributed by atoms with Crippen LogP contribution in [0.2, 0.25) is 0 Å². The van der Waals surface area contributed by atoms with Crippen LogP contribution in [0.1, 0.15) is 44.0 Å². The number of anilines is 2. The van der Waals surface area contributed by atoms with Crippen molar-refractivity contribution in [3.05, 3.63) is 65.5 Å². The number of hydrogen-bond donors (Lipinski definition) is 3. The van der Waals surface area contributed by atoms with Crippen LogP contribution in [0, 0.1) is 0 Å². The number of benzene rings is 2. The van der Waals surface area contributed by atoms with Crippen molar-refractivity contribution in [1.29, 1.82) is 0 Å². The second kappa shape index (κ2) is 10.3. The highest BCUT2D eigenvalue weighted by atomic mass is 32.2. The Kier molecular flexibility index (Phi) is 7.37. The average molecular weight is 542 g/mol. The molecule has 1 aliphatic rings. The number of nitrogens with zero attached hydrogens (tertiary/aromatic N) is 1. The fourth-order valence-electron chi connectivity index (χ4n) is 3.56. The molecule has 4 rings (SSSR count). The van der Waals surface area contributed by atoms with E-state index in [1.165, 1.54) is 35.6 Å². The van der Waals surface area contributed by atoms with E-state index in [1.807, 2.05) is 17.5 Å². The molecule has 0 saturated heterocycles. The van der Waals surface area contributed by atoms with Gasteiger partial charge in [-0.3, -0.25) is 10.1 Å². The third kappa shape index (κ3) is 6.55. The molecule has 0 aliphatic heterocycles. The average Bonchev–Trinajstić information content (AvgIpc) is 3.54. The fourth-order valence-corrected chi connectivity index (χ4v) is 6.49. The molecule has 1 saturated carbocycles. The predicted molar refractivity (Wildman–Crippen MR) is 144 cm³/mol. The van der Waals surface area contributed by atoms with E-state index in [-0.39, 0.29) is 16.5 Å². The maximum absolute atomic E-state index is 13.7. The van der Waals surface area contributed by atoms with Crippen LogP contribution >= 0.6 is 11.3 Å². The van der Waals surface area contributed by atoms with E-state index in [0.717, 1.165) is 10.4 Å². The molecular weight excluding hydrogens is 514 g/mol. The van der Waals surface area contributed by atoms with Gasteiger partial charge in [-0.15, -0.1) is 15.7 Å². The number of rotatable bonds is 6. The molecule has 3 aromatic rings. The quantitative estimate of drug-likeness (QED) is 0.319. The first-order valence-corrected chi connectivity index (χ1v) is 14.0. The van der Waals surface area contributed by atoms with Crippen LogP contribution in [-0.2, 0) is 14.5 Å². The van der Waals surface area contributed by atoms with Gasteiger partial charge in [-0.1, -0.05) is 12.1 Å². The monoisotopic (exact) mass is 541 g/mol. The lowest BCUT2D eigenvalue weighted by molar-refractivity contribution is 0.0607. The molecule has 1 fully saturated rings. The maximum Gasteiger partial charge on any atom is 0.442 e. The van der Waals surface area contributed by atoms with Crippen molar-refractivity contribution in [2.75, 3.05) is 10.6 Å². The van der Waals surface area contributed by atoms with Crippen molar-refractivity contribution < 1.29 is 28.4 Å². The summed E-state index contributed by atoms with van der Waals surface area (Å²) in [5.41, 5.74) is 0.849. The molecule has 0 bridgehead atoms. The van der Waals surface area contributed by atoms with Crippen LogP contribution in [-0.4, -0.2) is 38.3 Å². The smallest absolute Gasteiger partial charge is 0.442 e. The fraction of sp³-hybridized carbons (Fsp3) is 0.269. The van der Waals surface area contributed by atoms with Gasteiger partial charge in [-0.2, -0.15) is 0 Å². The Bertz CT molecular complexity index is 1450. The molecule has 3 N–H and O–H groups in total. The standard InChI is InChI=1S/C26H27N3O6S2/c1-26(2,3)35-25(33)29-37(34,19-11-12-19)18-9-6-16(7-10-18)23(30)27-21-15-17(22-5-4-14-36-22)8-13-20(21)28-24(31)32/h4-10,13-15,19,28H,11-12H2,1-3H3,(H,27,30)(H,31,32). The number of hydrogen-bond acceptors (Lipinski definition) is 6. The van der Waals surface area contributed by atoms with Crippen molar-refractivity contribution in [1.82, 2.24) is 0 Å². The molecule has 1 aromatic heterocycles. The predicted octanol–water partition coefficient (Wildman–Crippen LogP) is 6.68. The van der Waals surface area contributed by atoms with Gasteiger partial charge in [0.1, 0.15) is 5.60 Å². The Morgan fingerprint density at radius 1 is 1.03 bits per heavy atom. The molecule has 1 atom stereocenters. The molecular formula is C26H27N3O6S2. The van der Waals surface area contributed by atoms with Gasteiger partial charge >= 0.3 is 12.2 Å². The summed E-state index contributed by atoms with van der Waals surface area (Å²) in [6.45, 7) is 5.13. The molecule has 0 spiro atoms. The molecule has 9 nitrogen and oxygen atoms in total. The third-order valence-electron chi connectivity index (χ3n) is 5.35. The second-order valence-corrected chi connectivity index (χ2v) is 12.9. The van der Waals surface area contributed by atoms with Crippen LogP contribution in [0.15, 0.2) is 69.2 Å². The van der Waals surface area contributed by atoms with Crippen LogP contribution in [0.4, 0.5) is 21.0 Å². The van der Waals surface area contributed by atoms with Gasteiger partial charge in [0.15, 0.2) is 0 Å². The minimum absolute atomic E-state index is 0.227. The number of ether oxygens (including phenoxy) is 1. The normalized spacial score (nSPS) is 14.8. The Morgan fingerprint density at radius 3 is 2.30 bits per heavy atom. The number of carbonyl (C=O) groups excluding carboxylic acids is 2. The second-order valence-electron chi connectivity index (χ2n) is 9.49. The summed E-state index contributed by atoms with van der Waals surface area (Å²) in [4.78, 5) is 37.9. The van der Waals surface area contributed by atoms with Gasteiger partial charge in [0.2, 0.25) is 0 Å². The first-order chi connectivity index (χ1) is 17.4. The van der Waals surface area contributed by atoms with Crippen LogP contribution in [0.25, 0.3) is 10.4 Å². The number of nitrogens with one attached hydrogen (secondary N) is 2. The molecule has 0 radical (unpaired) electrons. The van der Waals surface area contributed by atoms with E-state index >= 15 is 0 Å². The van der Waals surface area contributed by atoms with E-state index in [0.29, 0.717) is 23.4 Å². The summed E-state index contributed by atoms with van der Waals surface area (Å²) in [7, 11) is -3.05. The summed E-state index contributed by atoms with van der Waals surface area (Å²) in [6, 6.07) is 14.9. The van der Waals surface area contributed by atoms with Gasteiger partial charge in [0.25, 0.3) is 5.91 Å². The summed E-state index contributed by atoms with van der Waals surface area (Å²) >= 11 is 1.52. The SMILES string of the molecule is CC(C)(C)OC(=O)N=S(=O)(c1ccc(C(=O)Nc2cc(-c3cccs3)ccc2NC(=O)O)cc1)C1CC1. The lowest BCUT2D eigenvalue weighted by Gasteiger charge is -2.18. The van der Waals surface area contributed by atoms with Crippen molar-refractivity contribution in [3.63, 3.8) is 0 Å². The van der Waals surface area contributed by atoms with Crippen molar-refractivity contribution in [2.45, 2.75) is 49.4 Å². The van der Waals surface area contributed by atoms with Gasteiger partial charge in [-0.25, -0.2) is 13.8 Å². The molecule has 194 valence electrons. The zero-order valence-electron chi connectivity index (χ0n) is 20.5. The van der Waals surface area contributed by atoms with Gasteiger partial charge in [0.05, 0.1) is 21.1 Å². The molecule has 1 unspecified atom stereocenters. The van der Waals surface area contributed by atoms with E-state index in [2.05, 4.69) is 15.0 Å². The van der Waals surface area contributed by atoms with E-state index < -0.39 is 33.4 Å². The van der Waals surface area contributed by atoms with Gasteiger partial charge in [-0.05, 0) is 87.0 Å². The van der Waals surface area contributed by atoms with Crippen LogP contribution < -0.4 is 10.6 Å². The highest BCUT2D eigenvalue weighted by Gasteiger charge is 2.36. The third-order valence-corrected chi connectivity index (χ3v) is 9.01. The Balaban J connectivity index is 1.59. The molecule has 3 amide bonds. The summed E-state index contributed by atoms with van der Waals surface area (Å²) in [5, 5.41) is 15.9. The van der Waals surface area contributed by atoms with Crippen molar-refractivity contribution in [2.24, 2.45) is 4.36 Å². The number of thiophene rings is 1. The minimum atomic E-state index is -3.05. The maximum atomic E-state index is 13.7. The molecule has 37 heavy (non-hydrogen) atoms. The summed E-state index contributed by atoms with van der Waals surface area (Å²) in [6.07, 6.45) is -0.761. The molecule has 11 heteroatoms. The molecule has 1 aliphatic carbocycles.